The van der Waals surface area contributed by atoms with Crippen molar-refractivity contribution in [3.05, 3.63) is 53.0 Å². The Hall–Kier alpha value is -1.88. The maximum Gasteiger partial charge on any atom is 0.325 e. The lowest BCUT2D eigenvalue weighted by molar-refractivity contribution is 0.571. The minimum Gasteiger partial charge on any atom is -0.313 e. The molecule has 17 heavy (non-hydrogen) atoms. The van der Waals surface area contributed by atoms with Crippen LogP contribution in [0.5, 0.6) is 0 Å². The van der Waals surface area contributed by atoms with Gasteiger partial charge in [-0.15, -0.1) is 0 Å². The summed E-state index contributed by atoms with van der Waals surface area (Å²) in [6.07, 6.45) is 7.97. The maximum atomic E-state index is 11.2. The van der Waals surface area contributed by atoms with E-state index in [0.717, 1.165) is 26.1 Å². The SMILES string of the molecule is O=c1[nH]ccn1CCCNCc1cccnc1. The Morgan fingerprint density at radius 2 is 2.41 bits per heavy atom. The highest BCUT2D eigenvalue weighted by atomic mass is 16.1. The van der Waals surface area contributed by atoms with Gasteiger partial charge in [-0.3, -0.25) is 9.55 Å². The number of aromatic amines is 1. The van der Waals surface area contributed by atoms with Gasteiger partial charge in [-0.25, -0.2) is 4.79 Å². The van der Waals surface area contributed by atoms with E-state index in [1.54, 1.807) is 23.2 Å². The molecule has 5 heteroatoms. The molecule has 0 unspecified atom stereocenters. The van der Waals surface area contributed by atoms with E-state index in [2.05, 4.69) is 15.3 Å². The number of nitrogens with zero attached hydrogens (tertiary/aromatic N) is 2. The topological polar surface area (TPSA) is 62.7 Å². The number of hydrogen-bond donors (Lipinski definition) is 2. The van der Waals surface area contributed by atoms with Crippen LogP contribution in [0.15, 0.2) is 41.7 Å². The summed E-state index contributed by atoms with van der Waals surface area (Å²) < 4.78 is 1.67. The number of pyridine rings is 1. The molecule has 0 saturated heterocycles. The molecule has 0 spiro atoms. The average molecular weight is 232 g/mol. The predicted molar refractivity (Wildman–Crippen MR) is 65.6 cm³/mol. The second kappa shape index (κ2) is 6.00. The molecule has 0 aliphatic heterocycles. The number of imidazole rings is 1. The Balaban J connectivity index is 1.64. The third-order valence-electron chi connectivity index (χ3n) is 2.53. The van der Waals surface area contributed by atoms with Gasteiger partial charge in [0.2, 0.25) is 0 Å². The standard InChI is InChI=1S/C12H16N4O/c17-12-15-6-8-16(12)7-2-5-14-10-11-3-1-4-13-9-11/h1,3-4,6,8-9,14H,2,5,7,10H2,(H,15,17). The lowest BCUT2D eigenvalue weighted by atomic mass is 10.3. The lowest BCUT2D eigenvalue weighted by Gasteiger charge is -2.04. The van der Waals surface area contributed by atoms with Gasteiger partial charge in [0, 0.05) is 37.9 Å². The third-order valence-corrected chi connectivity index (χ3v) is 2.53. The van der Waals surface area contributed by atoms with Gasteiger partial charge in [0.15, 0.2) is 0 Å². The molecule has 0 fully saturated rings. The van der Waals surface area contributed by atoms with Crippen molar-refractivity contribution in [2.45, 2.75) is 19.5 Å². The van der Waals surface area contributed by atoms with E-state index in [1.165, 1.54) is 5.56 Å². The second-order valence-corrected chi connectivity index (χ2v) is 3.85. The summed E-state index contributed by atoms with van der Waals surface area (Å²) in [5.41, 5.74) is 1.13. The first-order valence-electron chi connectivity index (χ1n) is 5.70. The quantitative estimate of drug-likeness (QED) is 0.722. The lowest BCUT2D eigenvalue weighted by Crippen LogP contribution is -2.20. The highest BCUT2D eigenvalue weighted by Gasteiger charge is 1.95. The Bertz CT molecular complexity index is 488. The van der Waals surface area contributed by atoms with Crippen LogP contribution in [-0.4, -0.2) is 21.1 Å². The van der Waals surface area contributed by atoms with Gasteiger partial charge < -0.3 is 10.3 Å². The van der Waals surface area contributed by atoms with E-state index >= 15 is 0 Å². The zero-order chi connectivity index (χ0) is 11.9. The Morgan fingerprint density at radius 3 is 3.12 bits per heavy atom. The van der Waals surface area contributed by atoms with Crippen molar-refractivity contribution in [3.8, 4) is 0 Å². The molecule has 90 valence electrons. The van der Waals surface area contributed by atoms with Gasteiger partial charge >= 0.3 is 5.69 Å². The molecule has 2 rings (SSSR count). The van der Waals surface area contributed by atoms with Gasteiger partial charge in [-0.2, -0.15) is 0 Å². The van der Waals surface area contributed by atoms with Crippen molar-refractivity contribution in [2.75, 3.05) is 6.54 Å². The maximum absolute atomic E-state index is 11.2. The van der Waals surface area contributed by atoms with Crippen molar-refractivity contribution in [3.63, 3.8) is 0 Å². The molecular weight excluding hydrogens is 216 g/mol. The molecule has 0 aromatic carbocycles. The summed E-state index contributed by atoms with van der Waals surface area (Å²) in [4.78, 5) is 17.8. The molecule has 2 aromatic rings. The van der Waals surface area contributed by atoms with E-state index < -0.39 is 0 Å². The van der Waals surface area contributed by atoms with Crippen molar-refractivity contribution < 1.29 is 0 Å². The monoisotopic (exact) mass is 232 g/mol. The summed E-state index contributed by atoms with van der Waals surface area (Å²) in [5, 5.41) is 3.32. The van der Waals surface area contributed by atoms with Gasteiger partial charge in [0.1, 0.15) is 0 Å². The van der Waals surface area contributed by atoms with Crippen LogP contribution in [-0.2, 0) is 13.1 Å². The molecule has 0 aliphatic rings. The second-order valence-electron chi connectivity index (χ2n) is 3.85. The van der Waals surface area contributed by atoms with Crippen LogP contribution in [0.3, 0.4) is 0 Å². The number of aromatic nitrogens is 3. The first kappa shape index (κ1) is 11.6. The molecule has 0 saturated carbocycles. The first-order chi connectivity index (χ1) is 8.36. The smallest absolute Gasteiger partial charge is 0.313 e. The Labute approximate surface area is 99.5 Å². The zero-order valence-electron chi connectivity index (χ0n) is 9.60. The van der Waals surface area contributed by atoms with Gasteiger partial charge in [0.05, 0.1) is 0 Å². The van der Waals surface area contributed by atoms with Crippen LogP contribution in [0.1, 0.15) is 12.0 Å². The molecule has 0 atom stereocenters. The van der Waals surface area contributed by atoms with Crippen LogP contribution in [0.2, 0.25) is 0 Å². The van der Waals surface area contributed by atoms with Gasteiger partial charge in [-0.05, 0) is 24.6 Å². The summed E-state index contributed by atoms with van der Waals surface area (Å²) in [6.45, 7) is 2.44. The predicted octanol–water partition coefficient (Wildman–Crippen LogP) is 0.751. The molecule has 0 radical (unpaired) electrons. The largest absolute Gasteiger partial charge is 0.325 e. The van der Waals surface area contributed by atoms with E-state index in [1.807, 2.05) is 18.3 Å². The molecule has 2 N–H and O–H groups in total. The van der Waals surface area contributed by atoms with Crippen molar-refractivity contribution >= 4 is 0 Å². The fourth-order valence-electron chi connectivity index (χ4n) is 1.64. The number of rotatable bonds is 6. The van der Waals surface area contributed by atoms with E-state index in [0.29, 0.717) is 0 Å². The van der Waals surface area contributed by atoms with Crippen molar-refractivity contribution in [1.29, 1.82) is 0 Å². The van der Waals surface area contributed by atoms with Gasteiger partial charge in [0.25, 0.3) is 0 Å². The Morgan fingerprint density at radius 1 is 1.47 bits per heavy atom. The molecule has 5 nitrogen and oxygen atoms in total. The molecule has 0 aliphatic carbocycles. The molecular formula is C12H16N4O. The van der Waals surface area contributed by atoms with Crippen LogP contribution in [0.25, 0.3) is 0 Å². The molecule has 0 amide bonds. The highest BCUT2D eigenvalue weighted by molar-refractivity contribution is 5.07. The van der Waals surface area contributed by atoms with E-state index in [-0.39, 0.29) is 5.69 Å². The molecule has 2 heterocycles. The minimum atomic E-state index is -0.0442. The molecule has 2 aromatic heterocycles. The summed E-state index contributed by atoms with van der Waals surface area (Å²) in [5.74, 6) is 0. The van der Waals surface area contributed by atoms with E-state index in [4.69, 9.17) is 0 Å². The summed E-state index contributed by atoms with van der Waals surface area (Å²) in [7, 11) is 0. The average Bonchev–Trinajstić information content (AvgIpc) is 2.76. The van der Waals surface area contributed by atoms with Crippen molar-refractivity contribution in [2.24, 2.45) is 0 Å². The normalized spacial score (nSPS) is 10.6. The van der Waals surface area contributed by atoms with Crippen LogP contribution < -0.4 is 11.0 Å². The third kappa shape index (κ3) is 3.57. The van der Waals surface area contributed by atoms with Crippen LogP contribution in [0, 0.1) is 0 Å². The van der Waals surface area contributed by atoms with Gasteiger partial charge in [-0.1, -0.05) is 6.07 Å². The number of H-pyrrole nitrogens is 1. The fraction of sp³-hybridized carbons (Fsp3) is 0.333. The van der Waals surface area contributed by atoms with Crippen molar-refractivity contribution in [1.82, 2.24) is 19.9 Å². The zero-order valence-corrected chi connectivity index (χ0v) is 9.60. The number of aryl methyl sites for hydroxylation is 1. The number of nitrogens with one attached hydrogen (secondary N) is 2. The fourth-order valence-corrected chi connectivity index (χ4v) is 1.64. The number of hydrogen-bond acceptors (Lipinski definition) is 3. The highest BCUT2D eigenvalue weighted by Crippen LogP contribution is 1.94. The van der Waals surface area contributed by atoms with Crippen LogP contribution >= 0.6 is 0 Å². The Kier molecular flexibility index (Phi) is 4.10. The molecule has 0 bridgehead atoms. The summed E-state index contributed by atoms with van der Waals surface area (Å²) >= 11 is 0. The van der Waals surface area contributed by atoms with Crippen LogP contribution in [0.4, 0.5) is 0 Å². The summed E-state index contributed by atoms with van der Waals surface area (Å²) in [6, 6.07) is 3.97. The first-order valence-corrected chi connectivity index (χ1v) is 5.70. The minimum absolute atomic E-state index is 0.0442. The van der Waals surface area contributed by atoms with E-state index in [9.17, 15) is 4.79 Å².